The van der Waals surface area contributed by atoms with Crippen molar-refractivity contribution in [1.29, 1.82) is 0 Å². The first-order valence-corrected chi connectivity index (χ1v) is 10.7. The molecular formula is C19H22BrN3O3S. The van der Waals surface area contributed by atoms with Crippen molar-refractivity contribution in [2.45, 2.75) is 0 Å². The summed E-state index contributed by atoms with van der Waals surface area (Å²) in [7, 11) is 0. The smallest absolute Gasteiger partial charge is 0.265 e. The average Bonchev–Trinajstić information content (AvgIpc) is 3.16. The van der Waals surface area contributed by atoms with Crippen molar-refractivity contribution in [2.75, 3.05) is 67.7 Å². The van der Waals surface area contributed by atoms with Gasteiger partial charge in [-0.15, -0.1) is 11.3 Å². The first-order chi connectivity index (χ1) is 13.2. The lowest BCUT2D eigenvalue weighted by molar-refractivity contribution is 0.103. The molecule has 0 saturated carbocycles. The molecule has 8 heteroatoms. The Labute approximate surface area is 171 Å². The second-order valence-corrected chi connectivity index (χ2v) is 8.92. The van der Waals surface area contributed by atoms with Gasteiger partial charge in [0.25, 0.3) is 5.91 Å². The molecule has 6 nitrogen and oxygen atoms in total. The van der Waals surface area contributed by atoms with Gasteiger partial charge in [-0.05, 0) is 46.3 Å². The molecule has 144 valence electrons. The highest BCUT2D eigenvalue weighted by atomic mass is 79.9. The van der Waals surface area contributed by atoms with E-state index in [0.717, 1.165) is 60.2 Å². The van der Waals surface area contributed by atoms with Crippen LogP contribution >= 0.6 is 27.3 Å². The SMILES string of the molecule is O=C(Nc1ccc(N2CCOCC2)cc1N1CCOCC1)c1ccc(Br)s1. The summed E-state index contributed by atoms with van der Waals surface area (Å²) in [5, 5.41) is 3.09. The molecule has 2 fully saturated rings. The molecule has 1 aromatic heterocycles. The van der Waals surface area contributed by atoms with Crippen molar-refractivity contribution >= 4 is 50.2 Å². The first kappa shape index (κ1) is 18.7. The van der Waals surface area contributed by atoms with Crippen LogP contribution < -0.4 is 15.1 Å². The summed E-state index contributed by atoms with van der Waals surface area (Å²) in [5.74, 6) is -0.0840. The van der Waals surface area contributed by atoms with Gasteiger partial charge in [-0.3, -0.25) is 4.79 Å². The normalized spacial score (nSPS) is 17.8. The number of nitrogens with zero attached hydrogens (tertiary/aromatic N) is 2. The minimum Gasteiger partial charge on any atom is -0.378 e. The summed E-state index contributed by atoms with van der Waals surface area (Å²) in [4.78, 5) is 18.0. The Hall–Kier alpha value is -1.61. The monoisotopic (exact) mass is 451 g/mol. The molecule has 0 bridgehead atoms. The number of ether oxygens (including phenoxy) is 2. The van der Waals surface area contributed by atoms with Crippen LogP contribution in [0.4, 0.5) is 17.1 Å². The highest BCUT2D eigenvalue weighted by Crippen LogP contribution is 2.33. The third-order valence-electron chi connectivity index (χ3n) is 4.75. The number of thiophene rings is 1. The quantitative estimate of drug-likeness (QED) is 0.771. The second kappa shape index (κ2) is 8.60. The number of carbonyl (C=O) groups excluding carboxylic acids is 1. The summed E-state index contributed by atoms with van der Waals surface area (Å²) >= 11 is 4.85. The van der Waals surface area contributed by atoms with Gasteiger partial charge in [-0.25, -0.2) is 0 Å². The van der Waals surface area contributed by atoms with E-state index in [1.54, 1.807) is 0 Å². The standard InChI is InChI=1S/C19H22BrN3O3S/c20-18-4-3-17(27-18)19(24)21-15-2-1-14(22-5-9-25-10-6-22)13-16(15)23-7-11-26-12-8-23/h1-4,13H,5-12H2,(H,21,24). The van der Waals surface area contributed by atoms with Crippen LogP contribution in [0.2, 0.25) is 0 Å². The zero-order chi connectivity index (χ0) is 18.6. The van der Waals surface area contributed by atoms with Crippen molar-refractivity contribution in [3.05, 3.63) is 39.0 Å². The number of anilines is 3. The number of halogens is 1. The summed E-state index contributed by atoms with van der Waals surface area (Å²) < 4.78 is 11.9. The van der Waals surface area contributed by atoms with Crippen LogP contribution in [0, 0.1) is 0 Å². The molecule has 1 aromatic carbocycles. The molecule has 0 spiro atoms. The zero-order valence-corrected chi connectivity index (χ0v) is 17.4. The fourth-order valence-electron chi connectivity index (χ4n) is 3.33. The van der Waals surface area contributed by atoms with E-state index in [-0.39, 0.29) is 5.91 Å². The minimum atomic E-state index is -0.0840. The molecule has 2 aliphatic heterocycles. The van der Waals surface area contributed by atoms with Crippen molar-refractivity contribution in [3.8, 4) is 0 Å². The summed E-state index contributed by atoms with van der Waals surface area (Å²) in [6, 6.07) is 9.99. The molecule has 1 amide bonds. The first-order valence-electron chi connectivity index (χ1n) is 9.07. The van der Waals surface area contributed by atoms with Gasteiger partial charge in [0, 0.05) is 31.9 Å². The van der Waals surface area contributed by atoms with E-state index in [4.69, 9.17) is 9.47 Å². The molecule has 4 rings (SSSR count). The largest absolute Gasteiger partial charge is 0.378 e. The Morgan fingerprint density at radius 2 is 1.63 bits per heavy atom. The number of hydrogen-bond donors (Lipinski definition) is 1. The van der Waals surface area contributed by atoms with E-state index in [0.29, 0.717) is 18.1 Å². The Morgan fingerprint density at radius 3 is 2.26 bits per heavy atom. The highest BCUT2D eigenvalue weighted by Gasteiger charge is 2.20. The lowest BCUT2D eigenvalue weighted by atomic mass is 10.1. The van der Waals surface area contributed by atoms with Gasteiger partial charge in [0.1, 0.15) is 0 Å². The van der Waals surface area contributed by atoms with Gasteiger partial charge in [0.15, 0.2) is 0 Å². The maximum Gasteiger partial charge on any atom is 0.265 e. The van der Waals surface area contributed by atoms with Crippen LogP contribution in [0.3, 0.4) is 0 Å². The van der Waals surface area contributed by atoms with E-state index in [1.807, 2.05) is 18.2 Å². The van der Waals surface area contributed by atoms with Crippen LogP contribution in [0.25, 0.3) is 0 Å². The molecule has 0 atom stereocenters. The number of nitrogens with one attached hydrogen (secondary N) is 1. The number of carbonyl (C=O) groups is 1. The number of morpholine rings is 2. The number of amides is 1. The van der Waals surface area contributed by atoms with Crippen molar-refractivity contribution in [3.63, 3.8) is 0 Å². The van der Waals surface area contributed by atoms with E-state index < -0.39 is 0 Å². The number of hydrogen-bond acceptors (Lipinski definition) is 6. The maximum atomic E-state index is 12.7. The van der Waals surface area contributed by atoms with E-state index in [9.17, 15) is 4.79 Å². The van der Waals surface area contributed by atoms with Crippen LogP contribution in [0.15, 0.2) is 34.1 Å². The second-order valence-electron chi connectivity index (χ2n) is 6.46. The van der Waals surface area contributed by atoms with Gasteiger partial charge in [0.05, 0.1) is 46.5 Å². The fourth-order valence-corrected chi connectivity index (χ4v) is 4.61. The predicted molar refractivity (Wildman–Crippen MR) is 112 cm³/mol. The topological polar surface area (TPSA) is 54.0 Å². The number of rotatable bonds is 4. The number of benzene rings is 1. The highest BCUT2D eigenvalue weighted by molar-refractivity contribution is 9.11. The lowest BCUT2D eigenvalue weighted by Gasteiger charge is -2.33. The van der Waals surface area contributed by atoms with E-state index in [2.05, 4.69) is 43.2 Å². The summed E-state index contributed by atoms with van der Waals surface area (Å²) in [6.45, 7) is 6.31. The van der Waals surface area contributed by atoms with E-state index >= 15 is 0 Å². The van der Waals surface area contributed by atoms with Crippen molar-refractivity contribution < 1.29 is 14.3 Å². The van der Waals surface area contributed by atoms with Gasteiger partial charge in [-0.2, -0.15) is 0 Å². The van der Waals surface area contributed by atoms with Crippen LogP contribution in [-0.2, 0) is 9.47 Å². The summed E-state index contributed by atoms with van der Waals surface area (Å²) in [5.41, 5.74) is 3.05. The Morgan fingerprint density at radius 1 is 0.963 bits per heavy atom. The molecule has 0 unspecified atom stereocenters. The fraction of sp³-hybridized carbons (Fsp3) is 0.421. The molecule has 2 aliphatic rings. The predicted octanol–water partition coefficient (Wildman–Crippen LogP) is 3.44. The average molecular weight is 452 g/mol. The van der Waals surface area contributed by atoms with Crippen molar-refractivity contribution in [2.24, 2.45) is 0 Å². The molecule has 2 saturated heterocycles. The maximum absolute atomic E-state index is 12.7. The van der Waals surface area contributed by atoms with Gasteiger partial charge < -0.3 is 24.6 Å². The third kappa shape index (κ3) is 4.45. The molecule has 0 radical (unpaired) electrons. The molecule has 0 aliphatic carbocycles. The van der Waals surface area contributed by atoms with E-state index in [1.165, 1.54) is 11.3 Å². The molecule has 3 heterocycles. The minimum absolute atomic E-state index is 0.0840. The van der Waals surface area contributed by atoms with Crippen LogP contribution in [-0.4, -0.2) is 58.5 Å². The molecule has 1 N–H and O–H groups in total. The molecular weight excluding hydrogens is 430 g/mol. The Bertz CT molecular complexity index is 801. The molecule has 2 aromatic rings. The molecule has 27 heavy (non-hydrogen) atoms. The van der Waals surface area contributed by atoms with Gasteiger partial charge in [-0.1, -0.05) is 0 Å². The Kier molecular flexibility index (Phi) is 5.97. The van der Waals surface area contributed by atoms with Crippen LogP contribution in [0.5, 0.6) is 0 Å². The van der Waals surface area contributed by atoms with Gasteiger partial charge in [0.2, 0.25) is 0 Å². The van der Waals surface area contributed by atoms with Crippen molar-refractivity contribution in [1.82, 2.24) is 0 Å². The lowest BCUT2D eigenvalue weighted by Crippen LogP contribution is -2.38. The third-order valence-corrected chi connectivity index (χ3v) is 6.38. The van der Waals surface area contributed by atoms with Gasteiger partial charge >= 0.3 is 0 Å². The zero-order valence-electron chi connectivity index (χ0n) is 14.9. The summed E-state index contributed by atoms with van der Waals surface area (Å²) in [6.07, 6.45) is 0. The Balaban J connectivity index is 1.61. The van der Waals surface area contributed by atoms with Crippen LogP contribution in [0.1, 0.15) is 9.67 Å².